The topological polar surface area (TPSA) is 21.3 Å². The first-order chi connectivity index (χ1) is 9.31. The molecule has 1 N–H and O–H groups in total. The zero-order chi connectivity index (χ0) is 13.5. The molecular weight excluding hydrogens is 261 g/mol. The van der Waals surface area contributed by atoms with Crippen LogP contribution in [0.5, 0.6) is 0 Å². The third-order valence-corrected chi connectivity index (χ3v) is 4.93. The minimum atomic E-state index is -0.0806. The van der Waals surface area contributed by atoms with E-state index in [0.717, 1.165) is 17.0 Å². The van der Waals surface area contributed by atoms with Crippen LogP contribution in [-0.4, -0.2) is 25.5 Å². The SMILES string of the molecule is COCCNCc1cccc(F)c1SC1CCCC1. The Morgan fingerprint density at radius 2 is 2.16 bits per heavy atom. The lowest BCUT2D eigenvalue weighted by molar-refractivity contribution is 0.199. The van der Waals surface area contributed by atoms with Crippen molar-refractivity contribution in [2.75, 3.05) is 20.3 Å². The van der Waals surface area contributed by atoms with Crippen LogP contribution >= 0.6 is 11.8 Å². The number of ether oxygens (including phenoxy) is 1. The molecule has 0 bridgehead atoms. The van der Waals surface area contributed by atoms with E-state index in [9.17, 15) is 4.39 Å². The Bertz CT molecular complexity index is 394. The number of halogens is 1. The van der Waals surface area contributed by atoms with E-state index in [1.54, 1.807) is 31.0 Å². The fraction of sp³-hybridized carbons (Fsp3) is 0.600. The van der Waals surface area contributed by atoms with Crippen molar-refractivity contribution in [3.05, 3.63) is 29.6 Å². The molecule has 4 heteroatoms. The zero-order valence-corrected chi connectivity index (χ0v) is 12.3. The summed E-state index contributed by atoms with van der Waals surface area (Å²) in [7, 11) is 1.69. The van der Waals surface area contributed by atoms with E-state index in [4.69, 9.17) is 4.74 Å². The molecule has 1 aliphatic rings. The van der Waals surface area contributed by atoms with Crippen LogP contribution in [0.25, 0.3) is 0 Å². The molecule has 19 heavy (non-hydrogen) atoms. The van der Waals surface area contributed by atoms with Gasteiger partial charge in [-0.25, -0.2) is 4.39 Å². The van der Waals surface area contributed by atoms with E-state index < -0.39 is 0 Å². The van der Waals surface area contributed by atoms with Gasteiger partial charge in [-0.15, -0.1) is 11.8 Å². The van der Waals surface area contributed by atoms with Crippen LogP contribution in [0.3, 0.4) is 0 Å². The van der Waals surface area contributed by atoms with Gasteiger partial charge < -0.3 is 10.1 Å². The van der Waals surface area contributed by atoms with Gasteiger partial charge in [0.15, 0.2) is 0 Å². The molecule has 2 rings (SSSR count). The van der Waals surface area contributed by atoms with Crippen LogP contribution in [0.1, 0.15) is 31.2 Å². The number of methoxy groups -OCH3 is 1. The standard InChI is InChI=1S/C15H22FNOS/c1-18-10-9-17-11-12-5-4-8-14(16)15(12)19-13-6-2-3-7-13/h4-5,8,13,17H,2-3,6-7,9-11H2,1H3. The second-order valence-corrected chi connectivity index (χ2v) is 6.23. The Balaban J connectivity index is 1.98. The van der Waals surface area contributed by atoms with Gasteiger partial charge in [-0.1, -0.05) is 25.0 Å². The Labute approximate surface area is 119 Å². The van der Waals surface area contributed by atoms with Gasteiger partial charge in [0.25, 0.3) is 0 Å². The van der Waals surface area contributed by atoms with Crippen LogP contribution in [0.2, 0.25) is 0 Å². The third kappa shape index (κ3) is 4.48. The Kier molecular flexibility index (Phi) is 6.14. The lowest BCUT2D eigenvalue weighted by Gasteiger charge is -2.14. The van der Waals surface area contributed by atoms with E-state index in [2.05, 4.69) is 5.32 Å². The van der Waals surface area contributed by atoms with Crippen molar-refractivity contribution in [2.24, 2.45) is 0 Å². The van der Waals surface area contributed by atoms with Crippen molar-refractivity contribution in [3.63, 3.8) is 0 Å². The summed E-state index contributed by atoms with van der Waals surface area (Å²) in [5.74, 6) is -0.0806. The molecule has 0 aromatic heterocycles. The first-order valence-corrected chi connectivity index (χ1v) is 7.83. The highest BCUT2D eigenvalue weighted by molar-refractivity contribution is 8.00. The molecule has 1 aliphatic carbocycles. The minimum absolute atomic E-state index is 0.0806. The average Bonchev–Trinajstić information content (AvgIpc) is 2.91. The van der Waals surface area contributed by atoms with Crippen molar-refractivity contribution in [1.29, 1.82) is 0 Å². The number of hydrogen-bond donors (Lipinski definition) is 1. The second kappa shape index (κ2) is 7.88. The molecule has 1 saturated carbocycles. The van der Waals surface area contributed by atoms with Gasteiger partial charge in [0, 0.05) is 30.3 Å². The number of nitrogens with one attached hydrogen (secondary N) is 1. The highest BCUT2D eigenvalue weighted by Crippen LogP contribution is 2.37. The molecule has 0 heterocycles. The monoisotopic (exact) mass is 283 g/mol. The summed E-state index contributed by atoms with van der Waals surface area (Å²) in [6.07, 6.45) is 5.01. The van der Waals surface area contributed by atoms with Gasteiger partial charge in [0.05, 0.1) is 6.61 Å². The fourth-order valence-electron chi connectivity index (χ4n) is 2.39. The van der Waals surface area contributed by atoms with Crippen LogP contribution in [0, 0.1) is 5.82 Å². The van der Waals surface area contributed by atoms with Gasteiger partial charge >= 0.3 is 0 Å². The summed E-state index contributed by atoms with van der Waals surface area (Å²) < 4.78 is 19.0. The van der Waals surface area contributed by atoms with Crippen LogP contribution in [-0.2, 0) is 11.3 Å². The molecule has 0 saturated heterocycles. The van der Waals surface area contributed by atoms with Gasteiger partial charge in [-0.3, -0.25) is 0 Å². The molecular formula is C15H22FNOS. The van der Waals surface area contributed by atoms with Crippen molar-refractivity contribution < 1.29 is 9.13 Å². The Hall–Kier alpha value is -0.580. The normalized spacial score (nSPS) is 16.1. The lowest BCUT2D eigenvalue weighted by atomic mass is 10.2. The van der Waals surface area contributed by atoms with Crippen molar-refractivity contribution in [2.45, 2.75) is 42.4 Å². The van der Waals surface area contributed by atoms with Crippen molar-refractivity contribution >= 4 is 11.8 Å². The molecule has 0 aliphatic heterocycles. The summed E-state index contributed by atoms with van der Waals surface area (Å²) in [6.45, 7) is 2.18. The molecule has 1 aromatic carbocycles. The molecule has 0 atom stereocenters. The largest absolute Gasteiger partial charge is 0.383 e. The number of hydrogen-bond acceptors (Lipinski definition) is 3. The van der Waals surface area contributed by atoms with Gasteiger partial charge in [0.1, 0.15) is 5.82 Å². The Morgan fingerprint density at radius 1 is 1.37 bits per heavy atom. The average molecular weight is 283 g/mol. The van der Waals surface area contributed by atoms with E-state index in [-0.39, 0.29) is 5.82 Å². The fourth-order valence-corrected chi connectivity index (χ4v) is 3.77. The molecule has 0 amide bonds. The predicted molar refractivity (Wildman–Crippen MR) is 78.1 cm³/mol. The maximum absolute atomic E-state index is 14.0. The summed E-state index contributed by atoms with van der Waals surface area (Å²) in [5.41, 5.74) is 1.06. The minimum Gasteiger partial charge on any atom is -0.383 e. The molecule has 0 radical (unpaired) electrons. The van der Waals surface area contributed by atoms with Crippen LogP contribution in [0.4, 0.5) is 4.39 Å². The zero-order valence-electron chi connectivity index (χ0n) is 11.5. The van der Waals surface area contributed by atoms with Gasteiger partial charge in [-0.05, 0) is 24.5 Å². The highest BCUT2D eigenvalue weighted by Gasteiger charge is 2.19. The summed E-state index contributed by atoms with van der Waals surface area (Å²) in [5, 5.41) is 3.88. The molecule has 1 fully saturated rings. The number of rotatable bonds is 7. The first kappa shape index (κ1) is 14.8. The maximum Gasteiger partial charge on any atom is 0.137 e. The Morgan fingerprint density at radius 3 is 2.89 bits per heavy atom. The summed E-state index contributed by atoms with van der Waals surface area (Å²) in [6, 6.07) is 5.37. The molecule has 106 valence electrons. The summed E-state index contributed by atoms with van der Waals surface area (Å²) in [4.78, 5) is 0.833. The summed E-state index contributed by atoms with van der Waals surface area (Å²) >= 11 is 1.72. The quantitative estimate of drug-likeness (QED) is 0.773. The smallest absolute Gasteiger partial charge is 0.137 e. The highest BCUT2D eigenvalue weighted by atomic mass is 32.2. The van der Waals surface area contributed by atoms with Gasteiger partial charge in [-0.2, -0.15) is 0 Å². The van der Waals surface area contributed by atoms with Crippen molar-refractivity contribution in [3.8, 4) is 0 Å². The molecule has 2 nitrogen and oxygen atoms in total. The van der Waals surface area contributed by atoms with Gasteiger partial charge in [0.2, 0.25) is 0 Å². The molecule has 1 aromatic rings. The van der Waals surface area contributed by atoms with E-state index in [1.807, 2.05) is 6.07 Å². The van der Waals surface area contributed by atoms with Crippen LogP contribution < -0.4 is 5.32 Å². The predicted octanol–water partition coefficient (Wildman–Crippen LogP) is 3.60. The molecule has 0 unspecified atom stereocenters. The first-order valence-electron chi connectivity index (χ1n) is 6.95. The van der Waals surface area contributed by atoms with E-state index >= 15 is 0 Å². The maximum atomic E-state index is 14.0. The number of thioether (sulfide) groups is 1. The lowest BCUT2D eigenvalue weighted by Crippen LogP contribution is -2.19. The van der Waals surface area contributed by atoms with Crippen LogP contribution in [0.15, 0.2) is 23.1 Å². The number of benzene rings is 1. The van der Waals surface area contributed by atoms with E-state index in [1.165, 1.54) is 25.7 Å². The van der Waals surface area contributed by atoms with E-state index in [0.29, 0.717) is 18.4 Å². The molecule has 0 spiro atoms. The third-order valence-electron chi connectivity index (χ3n) is 3.43. The second-order valence-electron chi connectivity index (χ2n) is 4.92. The van der Waals surface area contributed by atoms with Crippen molar-refractivity contribution in [1.82, 2.24) is 5.32 Å².